The highest BCUT2D eigenvalue weighted by atomic mass is 16.6. The van der Waals surface area contributed by atoms with E-state index < -0.39 is 6.10 Å². The Morgan fingerprint density at radius 2 is 0.506 bits per heavy atom. The molecule has 1 unspecified atom stereocenters. The van der Waals surface area contributed by atoms with Crippen molar-refractivity contribution in [2.75, 3.05) is 13.2 Å². The lowest BCUT2D eigenvalue weighted by molar-refractivity contribution is -0.167. The van der Waals surface area contributed by atoms with E-state index in [1.807, 2.05) is 0 Å². The molecule has 0 aromatic carbocycles. The van der Waals surface area contributed by atoms with E-state index in [1.54, 1.807) is 0 Å². The molecule has 0 amide bonds. The van der Waals surface area contributed by atoms with Crippen LogP contribution in [-0.2, 0) is 28.6 Å². The van der Waals surface area contributed by atoms with Gasteiger partial charge < -0.3 is 14.2 Å². The smallest absolute Gasteiger partial charge is 0.306 e. The van der Waals surface area contributed by atoms with Gasteiger partial charge in [-0.25, -0.2) is 0 Å². The summed E-state index contributed by atoms with van der Waals surface area (Å²) in [5, 5.41) is 0. The zero-order chi connectivity index (χ0) is 55.7. The molecule has 0 N–H and O–H groups in total. The predicted molar refractivity (Wildman–Crippen MR) is 334 cm³/mol. The van der Waals surface area contributed by atoms with Gasteiger partial charge in [0.15, 0.2) is 6.10 Å². The van der Waals surface area contributed by atoms with Crippen molar-refractivity contribution in [2.45, 2.75) is 297 Å². The molecule has 0 aliphatic carbocycles. The molecule has 0 radical (unpaired) electrons. The molecule has 0 spiro atoms. The van der Waals surface area contributed by atoms with Crippen molar-refractivity contribution in [3.05, 3.63) is 122 Å². The van der Waals surface area contributed by atoms with Crippen LogP contribution in [0.4, 0.5) is 0 Å². The van der Waals surface area contributed by atoms with Gasteiger partial charge in [-0.1, -0.05) is 284 Å². The lowest BCUT2D eigenvalue weighted by atomic mass is 10.0. The standard InChI is InChI=1S/C71H118O6/c1-4-7-10-13-16-19-21-23-25-27-28-29-30-31-32-33-34-35-36-37-38-39-40-41-42-44-45-47-49-52-55-58-61-64-70(73)76-67-68(66-75-69(72)63-60-57-54-51-18-15-12-9-6-3)77-71(74)65-62-59-56-53-50-48-46-43-26-24-22-20-17-14-11-8-5-2/h7-8,10-11,16-17,19-20,23-26,28-29,31-32,34-35,46,48,68H,4-6,9,12-15,18,21-22,27,30,33,36-45,47,49-67H2,1-3H3/b10-7-,11-8-,19-16-,20-17-,25-23-,26-24-,29-28-,32-31-,35-34-,48-46-. The molecule has 0 saturated carbocycles. The summed E-state index contributed by atoms with van der Waals surface area (Å²) >= 11 is 0. The van der Waals surface area contributed by atoms with Crippen molar-refractivity contribution in [1.82, 2.24) is 0 Å². The van der Waals surface area contributed by atoms with E-state index in [2.05, 4.69) is 142 Å². The Kier molecular flexibility index (Phi) is 60.8. The van der Waals surface area contributed by atoms with Crippen molar-refractivity contribution in [1.29, 1.82) is 0 Å². The number of ether oxygens (including phenoxy) is 3. The van der Waals surface area contributed by atoms with Crippen LogP contribution in [-0.4, -0.2) is 37.2 Å². The van der Waals surface area contributed by atoms with E-state index >= 15 is 0 Å². The lowest BCUT2D eigenvalue weighted by Crippen LogP contribution is -2.30. The summed E-state index contributed by atoms with van der Waals surface area (Å²) in [6.45, 7) is 6.38. The highest BCUT2D eigenvalue weighted by molar-refractivity contribution is 5.71. The second kappa shape index (κ2) is 64.3. The van der Waals surface area contributed by atoms with Gasteiger partial charge >= 0.3 is 17.9 Å². The summed E-state index contributed by atoms with van der Waals surface area (Å²) in [4.78, 5) is 38.1. The Morgan fingerprint density at radius 3 is 0.792 bits per heavy atom. The van der Waals surface area contributed by atoms with Crippen LogP contribution in [0.1, 0.15) is 290 Å². The normalized spacial score (nSPS) is 12.9. The highest BCUT2D eigenvalue weighted by Gasteiger charge is 2.19. The minimum Gasteiger partial charge on any atom is -0.462 e. The maximum Gasteiger partial charge on any atom is 0.306 e. The summed E-state index contributed by atoms with van der Waals surface area (Å²) in [6, 6.07) is 0. The van der Waals surface area contributed by atoms with Crippen LogP contribution in [0.15, 0.2) is 122 Å². The molecule has 0 aromatic rings. The molecule has 0 aliphatic rings. The predicted octanol–water partition coefficient (Wildman–Crippen LogP) is 22.0. The zero-order valence-electron chi connectivity index (χ0n) is 50.2. The number of hydrogen-bond donors (Lipinski definition) is 0. The van der Waals surface area contributed by atoms with E-state index in [9.17, 15) is 14.4 Å². The van der Waals surface area contributed by atoms with Crippen LogP contribution in [0.5, 0.6) is 0 Å². The molecular weight excluding hydrogens is 949 g/mol. The maximum absolute atomic E-state index is 12.8. The molecule has 77 heavy (non-hydrogen) atoms. The average Bonchev–Trinajstić information content (AvgIpc) is 3.43. The minimum atomic E-state index is -0.790. The van der Waals surface area contributed by atoms with Crippen molar-refractivity contribution < 1.29 is 28.6 Å². The fourth-order valence-electron chi connectivity index (χ4n) is 8.73. The van der Waals surface area contributed by atoms with Gasteiger partial charge in [0.05, 0.1) is 0 Å². The Bertz CT molecular complexity index is 1600. The zero-order valence-corrected chi connectivity index (χ0v) is 50.2. The van der Waals surface area contributed by atoms with Crippen LogP contribution < -0.4 is 0 Å². The summed E-state index contributed by atoms with van der Waals surface area (Å²) in [7, 11) is 0. The van der Waals surface area contributed by atoms with Gasteiger partial charge in [-0.3, -0.25) is 14.4 Å². The number of hydrogen-bond acceptors (Lipinski definition) is 6. The van der Waals surface area contributed by atoms with E-state index in [4.69, 9.17) is 14.2 Å². The van der Waals surface area contributed by atoms with Gasteiger partial charge in [-0.2, -0.15) is 0 Å². The van der Waals surface area contributed by atoms with Gasteiger partial charge in [0.1, 0.15) is 13.2 Å². The fourth-order valence-corrected chi connectivity index (χ4v) is 8.73. The molecule has 0 saturated heterocycles. The van der Waals surface area contributed by atoms with Gasteiger partial charge in [0.2, 0.25) is 0 Å². The van der Waals surface area contributed by atoms with Gasteiger partial charge in [-0.05, 0) is 109 Å². The quantitative estimate of drug-likeness (QED) is 0.0261. The third kappa shape index (κ3) is 62.5. The van der Waals surface area contributed by atoms with Crippen molar-refractivity contribution >= 4 is 17.9 Å². The minimum absolute atomic E-state index is 0.0868. The maximum atomic E-state index is 12.8. The van der Waals surface area contributed by atoms with Gasteiger partial charge in [0, 0.05) is 19.3 Å². The molecule has 0 fully saturated rings. The summed E-state index contributed by atoms with van der Waals surface area (Å²) in [6.07, 6.45) is 89.4. The molecule has 0 aliphatic heterocycles. The van der Waals surface area contributed by atoms with Crippen LogP contribution in [0, 0.1) is 0 Å². The van der Waals surface area contributed by atoms with E-state index in [0.29, 0.717) is 19.3 Å². The van der Waals surface area contributed by atoms with Crippen molar-refractivity contribution in [2.24, 2.45) is 0 Å². The molecule has 0 heterocycles. The van der Waals surface area contributed by atoms with E-state index in [1.165, 1.54) is 116 Å². The fraction of sp³-hybridized carbons (Fsp3) is 0.676. The largest absolute Gasteiger partial charge is 0.462 e. The highest BCUT2D eigenvalue weighted by Crippen LogP contribution is 2.16. The molecule has 0 bridgehead atoms. The first-order valence-corrected chi connectivity index (χ1v) is 32.0. The second-order valence-corrected chi connectivity index (χ2v) is 20.9. The Balaban J connectivity index is 4.15. The Morgan fingerprint density at radius 1 is 0.273 bits per heavy atom. The lowest BCUT2D eigenvalue weighted by Gasteiger charge is -2.18. The van der Waals surface area contributed by atoms with E-state index in [0.717, 1.165) is 135 Å². The number of unbranched alkanes of at least 4 members (excludes halogenated alkanes) is 26. The first-order chi connectivity index (χ1) is 38.0. The summed E-state index contributed by atoms with van der Waals surface area (Å²) in [5.74, 6) is -0.910. The first-order valence-electron chi connectivity index (χ1n) is 32.0. The van der Waals surface area contributed by atoms with E-state index in [-0.39, 0.29) is 31.1 Å². The molecule has 438 valence electrons. The topological polar surface area (TPSA) is 78.9 Å². The monoisotopic (exact) mass is 1070 g/mol. The SMILES string of the molecule is CC/C=C\C/C=C\C/C=C\C/C=C\C/C=C\C/C=C\CCCCCCCCCCCCCCCCC(=O)OCC(COC(=O)CCCCCCCCCCC)OC(=O)CCCCCC/C=C\C/C=C\C/C=C\C/C=C\CC. The first kappa shape index (κ1) is 72.8. The number of esters is 3. The number of carbonyl (C=O) groups excluding carboxylic acids is 3. The van der Waals surface area contributed by atoms with Crippen LogP contribution in [0.3, 0.4) is 0 Å². The van der Waals surface area contributed by atoms with Crippen LogP contribution in [0.25, 0.3) is 0 Å². The molecule has 1 atom stereocenters. The molecule has 0 rings (SSSR count). The van der Waals surface area contributed by atoms with Crippen LogP contribution in [0.2, 0.25) is 0 Å². The van der Waals surface area contributed by atoms with Crippen molar-refractivity contribution in [3.8, 4) is 0 Å². The van der Waals surface area contributed by atoms with Crippen LogP contribution >= 0.6 is 0 Å². The third-order valence-electron chi connectivity index (χ3n) is 13.5. The third-order valence-corrected chi connectivity index (χ3v) is 13.5. The number of allylic oxidation sites excluding steroid dienone is 20. The summed E-state index contributed by atoms with van der Waals surface area (Å²) < 4.78 is 16.8. The molecule has 6 nitrogen and oxygen atoms in total. The Hall–Kier alpha value is -4.19. The Labute approximate surface area is 475 Å². The molecule has 0 aromatic heterocycles. The molecule has 6 heteroatoms. The number of carbonyl (C=O) groups is 3. The second-order valence-electron chi connectivity index (χ2n) is 20.9. The average molecular weight is 1070 g/mol. The summed E-state index contributed by atoms with van der Waals surface area (Å²) in [5.41, 5.74) is 0. The molecular formula is C71H118O6. The van der Waals surface area contributed by atoms with Crippen molar-refractivity contribution in [3.63, 3.8) is 0 Å². The number of rotatable bonds is 57. The van der Waals surface area contributed by atoms with Gasteiger partial charge in [-0.15, -0.1) is 0 Å². The van der Waals surface area contributed by atoms with Gasteiger partial charge in [0.25, 0.3) is 0 Å².